The molecule has 14 heavy (non-hydrogen) atoms. The van der Waals surface area contributed by atoms with Crippen LogP contribution in [-0.4, -0.2) is 36.0 Å². The van der Waals surface area contributed by atoms with Crippen LogP contribution in [0.3, 0.4) is 0 Å². The van der Waals surface area contributed by atoms with Gasteiger partial charge in [-0.15, -0.1) is 0 Å². The summed E-state index contributed by atoms with van der Waals surface area (Å²) in [4.78, 5) is 23.3. The van der Waals surface area contributed by atoms with Crippen molar-refractivity contribution in [1.29, 1.82) is 0 Å². The zero-order valence-corrected chi connectivity index (χ0v) is 8.91. The van der Waals surface area contributed by atoms with Gasteiger partial charge in [-0.2, -0.15) is 0 Å². The number of hydrogen-bond donors (Lipinski definition) is 1. The Morgan fingerprint density at radius 2 is 1.93 bits per heavy atom. The molecule has 0 radical (unpaired) electrons. The van der Waals surface area contributed by atoms with Crippen LogP contribution in [0.25, 0.3) is 0 Å². The summed E-state index contributed by atoms with van der Waals surface area (Å²) in [5.41, 5.74) is 0.186. The third-order valence-electron chi connectivity index (χ3n) is 1.81. The number of aliphatic carboxylic acids is 1. The molecule has 0 fully saturated rings. The van der Waals surface area contributed by atoms with Gasteiger partial charge >= 0.3 is 5.97 Å². The van der Waals surface area contributed by atoms with Crippen LogP contribution in [0.1, 0.15) is 26.2 Å². The number of carbonyl (C=O) groups excluding carboxylic acids is 1. The fraction of sp³-hybridized carbons (Fsp3) is 0.600. The number of carboxylic acids is 1. The summed E-state index contributed by atoms with van der Waals surface area (Å²) in [5, 5.41) is 8.79. The van der Waals surface area contributed by atoms with E-state index in [2.05, 4.69) is 0 Å². The van der Waals surface area contributed by atoms with Gasteiger partial charge in [-0.25, -0.2) is 4.79 Å². The van der Waals surface area contributed by atoms with Gasteiger partial charge in [-0.05, 0) is 12.8 Å². The molecule has 0 bridgehead atoms. The van der Waals surface area contributed by atoms with Crippen molar-refractivity contribution in [3.8, 4) is 0 Å². The van der Waals surface area contributed by atoms with Crippen molar-refractivity contribution in [2.75, 3.05) is 14.1 Å². The first-order chi connectivity index (χ1) is 6.49. The Balaban J connectivity index is 4.48. The van der Waals surface area contributed by atoms with E-state index >= 15 is 0 Å². The van der Waals surface area contributed by atoms with Gasteiger partial charge in [0.15, 0.2) is 0 Å². The van der Waals surface area contributed by atoms with E-state index in [-0.39, 0.29) is 11.5 Å². The number of carbonyl (C=O) groups is 2. The smallest absolute Gasteiger partial charge is 0.331 e. The predicted molar refractivity (Wildman–Crippen MR) is 53.9 cm³/mol. The van der Waals surface area contributed by atoms with Gasteiger partial charge in [0, 0.05) is 25.7 Å². The average Bonchev–Trinajstić information content (AvgIpc) is 2.10. The van der Waals surface area contributed by atoms with Gasteiger partial charge < -0.3 is 10.0 Å². The molecule has 4 nitrogen and oxygen atoms in total. The quantitative estimate of drug-likeness (QED) is 0.678. The maximum Gasteiger partial charge on any atom is 0.331 e. The lowest BCUT2D eigenvalue weighted by molar-refractivity contribution is -0.133. The summed E-state index contributed by atoms with van der Waals surface area (Å²) in [6, 6.07) is 0. The highest BCUT2D eigenvalue weighted by atomic mass is 16.4. The van der Waals surface area contributed by atoms with Gasteiger partial charge in [-0.1, -0.05) is 13.3 Å². The average molecular weight is 199 g/mol. The van der Waals surface area contributed by atoms with Crippen molar-refractivity contribution in [3.05, 3.63) is 11.6 Å². The molecule has 0 spiro atoms. The Morgan fingerprint density at radius 3 is 2.29 bits per heavy atom. The summed E-state index contributed by atoms with van der Waals surface area (Å²) >= 11 is 0. The van der Waals surface area contributed by atoms with Crippen molar-refractivity contribution < 1.29 is 14.7 Å². The SMILES string of the molecule is CCCCC(=CC(=O)N(C)C)C(=O)O. The van der Waals surface area contributed by atoms with E-state index in [9.17, 15) is 9.59 Å². The molecule has 0 aliphatic heterocycles. The zero-order valence-electron chi connectivity index (χ0n) is 8.91. The number of nitrogens with zero attached hydrogens (tertiary/aromatic N) is 1. The molecule has 1 amide bonds. The van der Waals surface area contributed by atoms with Gasteiger partial charge in [0.1, 0.15) is 0 Å². The standard InChI is InChI=1S/C10H17NO3/c1-4-5-6-8(10(13)14)7-9(12)11(2)3/h7H,4-6H2,1-3H3,(H,13,14). The molecule has 4 heteroatoms. The predicted octanol–water partition coefficient (Wildman–Crippen LogP) is 1.28. The molecule has 0 saturated heterocycles. The van der Waals surface area contributed by atoms with Crippen LogP contribution in [0, 0.1) is 0 Å². The Hall–Kier alpha value is -1.32. The van der Waals surface area contributed by atoms with Gasteiger partial charge in [0.2, 0.25) is 5.91 Å². The molecule has 0 aliphatic rings. The third-order valence-corrected chi connectivity index (χ3v) is 1.81. The van der Waals surface area contributed by atoms with Gasteiger partial charge in [0.05, 0.1) is 0 Å². The second-order valence-electron chi connectivity index (χ2n) is 3.31. The second-order valence-corrected chi connectivity index (χ2v) is 3.31. The first kappa shape index (κ1) is 12.7. The van der Waals surface area contributed by atoms with Crippen LogP contribution in [0.2, 0.25) is 0 Å². The highest BCUT2D eigenvalue weighted by molar-refractivity contribution is 5.97. The monoisotopic (exact) mass is 199 g/mol. The van der Waals surface area contributed by atoms with E-state index in [0.29, 0.717) is 6.42 Å². The largest absolute Gasteiger partial charge is 0.478 e. The lowest BCUT2D eigenvalue weighted by atomic mass is 10.1. The van der Waals surface area contributed by atoms with Crippen LogP contribution < -0.4 is 0 Å². The van der Waals surface area contributed by atoms with E-state index < -0.39 is 5.97 Å². The number of hydrogen-bond acceptors (Lipinski definition) is 2. The molecule has 0 aromatic rings. The van der Waals surface area contributed by atoms with Crippen LogP contribution in [-0.2, 0) is 9.59 Å². The first-order valence-electron chi connectivity index (χ1n) is 4.64. The molecular formula is C10H17NO3. The van der Waals surface area contributed by atoms with Crippen LogP contribution in [0.4, 0.5) is 0 Å². The highest BCUT2D eigenvalue weighted by Gasteiger charge is 2.09. The minimum Gasteiger partial charge on any atom is -0.478 e. The molecule has 0 aliphatic carbocycles. The molecule has 0 rings (SSSR count). The fourth-order valence-corrected chi connectivity index (χ4v) is 0.886. The number of unbranched alkanes of at least 4 members (excludes halogenated alkanes) is 1. The van der Waals surface area contributed by atoms with E-state index in [1.807, 2.05) is 6.92 Å². The van der Waals surface area contributed by atoms with Crippen molar-refractivity contribution in [3.63, 3.8) is 0 Å². The lowest BCUT2D eigenvalue weighted by Crippen LogP contribution is -2.20. The molecule has 0 unspecified atom stereocenters. The Labute approximate surface area is 84.2 Å². The van der Waals surface area contributed by atoms with Crippen LogP contribution in [0.15, 0.2) is 11.6 Å². The molecule has 1 N–H and O–H groups in total. The van der Waals surface area contributed by atoms with E-state index in [0.717, 1.165) is 12.8 Å². The van der Waals surface area contributed by atoms with Gasteiger partial charge in [-0.3, -0.25) is 4.79 Å². The van der Waals surface area contributed by atoms with E-state index in [4.69, 9.17) is 5.11 Å². The minimum atomic E-state index is -1.01. The summed E-state index contributed by atoms with van der Waals surface area (Å²) < 4.78 is 0. The second kappa shape index (κ2) is 6.18. The molecule has 0 aromatic heterocycles. The van der Waals surface area contributed by atoms with Crippen molar-refractivity contribution in [1.82, 2.24) is 4.90 Å². The summed E-state index contributed by atoms with van der Waals surface area (Å²) in [6.45, 7) is 1.98. The number of rotatable bonds is 5. The molecule has 0 atom stereocenters. The topological polar surface area (TPSA) is 57.6 Å². The third kappa shape index (κ3) is 4.64. The lowest BCUT2D eigenvalue weighted by Gasteiger charge is -2.07. The Kier molecular flexibility index (Phi) is 5.60. The van der Waals surface area contributed by atoms with Crippen molar-refractivity contribution in [2.45, 2.75) is 26.2 Å². The number of amides is 1. The number of carboxylic acid groups (broad SMARTS) is 1. The van der Waals surface area contributed by atoms with Crippen LogP contribution in [0.5, 0.6) is 0 Å². The van der Waals surface area contributed by atoms with E-state index in [1.54, 1.807) is 14.1 Å². The zero-order chi connectivity index (χ0) is 11.1. The number of likely N-dealkylation sites (N-methyl/N-ethyl adjacent to an activating group) is 1. The summed E-state index contributed by atoms with van der Waals surface area (Å²) in [7, 11) is 3.19. The van der Waals surface area contributed by atoms with Gasteiger partial charge in [0.25, 0.3) is 0 Å². The van der Waals surface area contributed by atoms with Crippen molar-refractivity contribution >= 4 is 11.9 Å². The molecule has 0 aromatic carbocycles. The molecule has 0 heterocycles. The molecular weight excluding hydrogens is 182 g/mol. The minimum absolute atomic E-state index is 0.186. The maximum absolute atomic E-state index is 11.2. The first-order valence-corrected chi connectivity index (χ1v) is 4.64. The highest BCUT2D eigenvalue weighted by Crippen LogP contribution is 2.07. The van der Waals surface area contributed by atoms with E-state index in [1.165, 1.54) is 11.0 Å². The Morgan fingerprint density at radius 1 is 1.36 bits per heavy atom. The van der Waals surface area contributed by atoms with Crippen molar-refractivity contribution in [2.24, 2.45) is 0 Å². The molecule has 0 saturated carbocycles. The summed E-state index contributed by atoms with van der Waals surface area (Å²) in [6.07, 6.45) is 3.35. The normalized spacial score (nSPS) is 11.2. The maximum atomic E-state index is 11.2. The van der Waals surface area contributed by atoms with Crippen LogP contribution >= 0.6 is 0 Å². The summed E-state index contributed by atoms with van der Waals surface area (Å²) in [5.74, 6) is -1.29. The molecule has 80 valence electrons. The fourth-order valence-electron chi connectivity index (χ4n) is 0.886. The Bertz CT molecular complexity index is 244.